The van der Waals surface area contributed by atoms with E-state index >= 15 is 0 Å². The van der Waals surface area contributed by atoms with Crippen LogP contribution in [-0.2, 0) is 4.79 Å². The van der Waals surface area contributed by atoms with Crippen LogP contribution in [0.4, 0.5) is 0 Å². The molecule has 0 radical (unpaired) electrons. The van der Waals surface area contributed by atoms with Crippen molar-refractivity contribution in [3.8, 4) is 0 Å². The average Bonchev–Trinajstić information content (AvgIpc) is 2.48. The topological polar surface area (TPSA) is 37.3 Å². The Morgan fingerprint density at radius 2 is 1.45 bits per heavy atom. The normalized spacial score (nSPS) is 13.7. The molecular weight excluding hydrogens is 248 g/mol. The number of carboxylic acids is 1. The molecule has 0 amide bonds. The zero-order valence-electron chi connectivity index (χ0n) is 11.7. The van der Waals surface area contributed by atoms with Crippen LogP contribution in [0.5, 0.6) is 0 Å². The van der Waals surface area contributed by atoms with Crippen molar-refractivity contribution in [3.63, 3.8) is 0 Å². The summed E-state index contributed by atoms with van der Waals surface area (Å²) in [6.07, 6.45) is 1.84. The fraction of sp³-hybridized carbons (Fsp3) is 0.278. The predicted octanol–water partition coefficient (Wildman–Crippen LogP) is 4.44. The Labute approximate surface area is 120 Å². The third kappa shape index (κ3) is 3.27. The van der Waals surface area contributed by atoms with Crippen LogP contribution >= 0.6 is 0 Å². The molecule has 0 aliphatic rings. The highest BCUT2D eigenvalue weighted by molar-refractivity contribution is 5.77. The Hall–Kier alpha value is -2.09. The van der Waals surface area contributed by atoms with Crippen molar-refractivity contribution in [2.75, 3.05) is 0 Å². The first-order valence-electron chi connectivity index (χ1n) is 7.06. The Balaban J connectivity index is 2.41. The maximum absolute atomic E-state index is 11.8. The first-order valence-corrected chi connectivity index (χ1v) is 7.06. The highest BCUT2D eigenvalue weighted by atomic mass is 16.4. The minimum Gasteiger partial charge on any atom is -0.481 e. The van der Waals surface area contributed by atoms with E-state index in [1.165, 1.54) is 0 Å². The molecule has 20 heavy (non-hydrogen) atoms. The van der Waals surface area contributed by atoms with Gasteiger partial charge in [-0.05, 0) is 17.5 Å². The van der Waals surface area contributed by atoms with E-state index in [9.17, 15) is 9.90 Å². The lowest BCUT2D eigenvalue weighted by Gasteiger charge is -2.24. The molecule has 0 saturated carbocycles. The molecule has 2 unspecified atom stereocenters. The molecule has 2 rings (SSSR count). The molecule has 2 aromatic carbocycles. The summed E-state index contributed by atoms with van der Waals surface area (Å²) in [5.74, 6) is -1.22. The molecule has 2 nitrogen and oxygen atoms in total. The fourth-order valence-electron chi connectivity index (χ4n) is 2.74. The molecule has 0 fully saturated rings. The molecule has 0 saturated heterocycles. The molecule has 1 N–H and O–H groups in total. The van der Waals surface area contributed by atoms with Crippen LogP contribution in [0.2, 0.25) is 0 Å². The van der Waals surface area contributed by atoms with Gasteiger partial charge in [-0.1, -0.05) is 74.0 Å². The lowest BCUT2D eigenvalue weighted by Crippen LogP contribution is -2.20. The van der Waals surface area contributed by atoms with Gasteiger partial charge in [0.2, 0.25) is 0 Å². The van der Waals surface area contributed by atoms with Crippen LogP contribution in [-0.4, -0.2) is 11.1 Å². The van der Waals surface area contributed by atoms with E-state index in [4.69, 9.17) is 0 Å². The van der Waals surface area contributed by atoms with Crippen molar-refractivity contribution in [3.05, 3.63) is 71.8 Å². The van der Waals surface area contributed by atoms with Crippen molar-refractivity contribution in [2.24, 2.45) is 0 Å². The van der Waals surface area contributed by atoms with E-state index in [-0.39, 0.29) is 5.92 Å². The SMILES string of the molecule is CCCC(c1ccccc1)C(C(=O)O)c1ccccc1. The number of rotatable bonds is 6. The van der Waals surface area contributed by atoms with Crippen molar-refractivity contribution < 1.29 is 9.90 Å². The van der Waals surface area contributed by atoms with E-state index in [1.807, 2.05) is 60.7 Å². The van der Waals surface area contributed by atoms with Gasteiger partial charge in [-0.2, -0.15) is 0 Å². The van der Waals surface area contributed by atoms with Crippen molar-refractivity contribution in [1.82, 2.24) is 0 Å². The summed E-state index contributed by atoms with van der Waals surface area (Å²) >= 11 is 0. The van der Waals surface area contributed by atoms with Gasteiger partial charge in [0.25, 0.3) is 0 Å². The molecule has 0 aliphatic heterocycles. The number of hydrogen-bond acceptors (Lipinski definition) is 1. The maximum Gasteiger partial charge on any atom is 0.311 e. The Bertz CT molecular complexity index is 534. The lowest BCUT2D eigenvalue weighted by atomic mass is 9.79. The van der Waals surface area contributed by atoms with Gasteiger partial charge < -0.3 is 5.11 Å². The summed E-state index contributed by atoms with van der Waals surface area (Å²) in [4.78, 5) is 11.8. The number of aliphatic carboxylic acids is 1. The van der Waals surface area contributed by atoms with Gasteiger partial charge in [-0.3, -0.25) is 4.79 Å². The van der Waals surface area contributed by atoms with E-state index in [0.29, 0.717) is 0 Å². The minimum atomic E-state index is -0.751. The van der Waals surface area contributed by atoms with Crippen molar-refractivity contribution >= 4 is 5.97 Å². The Morgan fingerprint density at radius 3 is 1.90 bits per heavy atom. The number of benzene rings is 2. The largest absolute Gasteiger partial charge is 0.481 e. The van der Waals surface area contributed by atoms with Crippen LogP contribution in [0, 0.1) is 0 Å². The van der Waals surface area contributed by atoms with E-state index < -0.39 is 11.9 Å². The van der Waals surface area contributed by atoms with Crippen molar-refractivity contribution in [2.45, 2.75) is 31.6 Å². The first kappa shape index (κ1) is 14.3. The second-order valence-electron chi connectivity index (χ2n) is 5.03. The van der Waals surface area contributed by atoms with E-state index in [2.05, 4.69) is 6.92 Å². The van der Waals surface area contributed by atoms with Crippen LogP contribution in [0.15, 0.2) is 60.7 Å². The first-order chi connectivity index (χ1) is 9.74. The molecule has 0 heterocycles. The monoisotopic (exact) mass is 268 g/mol. The highest BCUT2D eigenvalue weighted by Crippen LogP contribution is 2.36. The lowest BCUT2D eigenvalue weighted by molar-refractivity contribution is -0.139. The quantitative estimate of drug-likeness (QED) is 0.841. The summed E-state index contributed by atoms with van der Waals surface area (Å²) in [5, 5.41) is 9.69. The number of carboxylic acid groups (broad SMARTS) is 1. The van der Waals surface area contributed by atoms with Crippen LogP contribution < -0.4 is 0 Å². The molecule has 2 heteroatoms. The number of hydrogen-bond donors (Lipinski definition) is 1. The zero-order valence-corrected chi connectivity index (χ0v) is 11.7. The summed E-state index contributed by atoms with van der Waals surface area (Å²) in [6.45, 7) is 2.10. The minimum absolute atomic E-state index is 0.0149. The molecule has 2 atom stereocenters. The smallest absolute Gasteiger partial charge is 0.311 e. The molecule has 0 aromatic heterocycles. The van der Waals surface area contributed by atoms with Crippen LogP contribution in [0.25, 0.3) is 0 Å². The summed E-state index contributed by atoms with van der Waals surface area (Å²) in [6, 6.07) is 19.5. The van der Waals surface area contributed by atoms with Gasteiger partial charge in [-0.25, -0.2) is 0 Å². The molecule has 2 aromatic rings. The average molecular weight is 268 g/mol. The number of carbonyl (C=O) groups is 1. The third-order valence-corrected chi connectivity index (χ3v) is 3.65. The van der Waals surface area contributed by atoms with Crippen LogP contribution in [0.1, 0.15) is 42.7 Å². The zero-order chi connectivity index (χ0) is 14.4. The standard InChI is InChI=1S/C18H20O2/c1-2-9-16(14-10-5-3-6-11-14)17(18(19)20)15-12-7-4-8-13-15/h3-8,10-13,16-17H,2,9H2,1H3,(H,19,20). The maximum atomic E-state index is 11.8. The van der Waals surface area contributed by atoms with E-state index in [0.717, 1.165) is 24.0 Å². The molecule has 0 aliphatic carbocycles. The van der Waals surface area contributed by atoms with E-state index in [1.54, 1.807) is 0 Å². The third-order valence-electron chi connectivity index (χ3n) is 3.65. The van der Waals surface area contributed by atoms with Gasteiger partial charge in [0.15, 0.2) is 0 Å². The van der Waals surface area contributed by atoms with Gasteiger partial charge in [-0.15, -0.1) is 0 Å². The van der Waals surface area contributed by atoms with Gasteiger partial charge in [0.05, 0.1) is 5.92 Å². The summed E-state index contributed by atoms with van der Waals surface area (Å²) < 4.78 is 0. The van der Waals surface area contributed by atoms with Crippen LogP contribution in [0.3, 0.4) is 0 Å². The Kier molecular flexibility index (Phi) is 4.94. The second-order valence-corrected chi connectivity index (χ2v) is 5.03. The Morgan fingerprint density at radius 1 is 0.950 bits per heavy atom. The molecular formula is C18H20O2. The predicted molar refractivity (Wildman–Crippen MR) is 80.9 cm³/mol. The van der Waals surface area contributed by atoms with Crippen molar-refractivity contribution in [1.29, 1.82) is 0 Å². The second kappa shape index (κ2) is 6.90. The van der Waals surface area contributed by atoms with Gasteiger partial charge in [0.1, 0.15) is 0 Å². The fourth-order valence-corrected chi connectivity index (χ4v) is 2.74. The molecule has 0 bridgehead atoms. The molecule has 104 valence electrons. The summed E-state index contributed by atoms with van der Waals surface area (Å²) in [5.41, 5.74) is 1.98. The highest BCUT2D eigenvalue weighted by Gasteiger charge is 2.30. The van der Waals surface area contributed by atoms with Gasteiger partial charge >= 0.3 is 5.97 Å². The molecule has 0 spiro atoms. The summed E-state index contributed by atoms with van der Waals surface area (Å²) in [7, 11) is 0. The van der Waals surface area contributed by atoms with Gasteiger partial charge in [0, 0.05) is 5.92 Å².